The highest BCUT2D eigenvalue weighted by Gasteiger charge is 2.27. The quantitative estimate of drug-likeness (QED) is 0.813. The van der Waals surface area contributed by atoms with Gasteiger partial charge in [0.05, 0.1) is 17.7 Å². The van der Waals surface area contributed by atoms with Crippen molar-refractivity contribution in [1.82, 2.24) is 0 Å². The number of nitrogens with zero attached hydrogens (tertiary/aromatic N) is 2. The lowest BCUT2D eigenvalue weighted by atomic mass is 10.1. The SMILES string of the molecule is Cc1ccc(C#N)c(N(C)CCC(F)(F)F)c1. The van der Waals surface area contributed by atoms with E-state index in [9.17, 15) is 13.2 Å². The third-order valence-corrected chi connectivity index (χ3v) is 2.42. The lowest BCUT2D eigenvalue weighted by Gasteiger charge is -2.21. The molecule has 0 aliphatic carbocycles. The van der Waals surface area contributed by atoms with Crippen LogP contribution in [0.1, 0.15) is 17.5 Å². The molecule has 0 fully saturated rings. The molecule has 0 aromatic heterocycles. The van der Waals surface area contributed by atoms with Gasteiger partial charge in [-0.1, -0.05) is 6.07 Å². The van der Waals surface area contributed by atoms with Crippen LogP contribution in [0.4, 0.5) is 18.9 Å². The Morgan fingerprint density at radius 3 is 2.53 bits per heavy atom. The highest BCUT2D eigenvalue weighted by Crippen LogP contribution is 2.24. The zero-order valence-corrected chi connectivity index (χ0v) is 9.67. The number of nitriles is 1. The summed E-state index contributed by atoms with van der Waals surface area (Å²) in [5, 5.41) is 8.89. The van der Waals surface area contributed by atoms with Gasteiger partial charge in [-0.2, -0.15) is 18.4 Å². The molecule has 1 aromatic carbocycles. The summed E-state index contributed by atoms with van der Waals surface area (Å²) >= 11 is 0. The normalized spacial score (nSPS) is 11.1. The van der Waals surface area contributed by atoms with Gasteiger partial charge in [-0.25, -0.2) is 0 Å². The predicted octanol–water partition coefficient (Wildman–Crippen LogP) is 3.26. The van der Waals surface area contributed by atoms with Crippen LogP contribution in [0.2, 0.25) is 0 Å². The van der Waals surface area contributed by atoms with Gasteiger partial charge in [-0.05, 0) is 24.6 Å². The first kappa shape index (κ1) is 13.4. The molecule has 2 nitrogen and oxygen atoms in total. The smallest absolute Gasteiger partial charge is 0.373 e. The Labute approximate surface area is 98.3 Å². The van der Waals surface area contributed by atoms with Crippen molar-refractivity contribution in [2.45, 2.75) is 19.5 Å². The monoisotopic (exact) mass is 242 g/mol. The van der Waals surface area contributed by atoms with Crippen molar-refractivity contribution < 1.29 is 13.2 Å². The Morgan fingerprint density at radius 2 is 2.00 bits per heavy atom. The second kappa shape index (κ2) is 5.09. The van der Waals surface area contributed by atoms with E-state index in [1.807, 2.05) is 13.0 Å². The Kier molecular flexibility index (Phi) is 4.00. The zero-order chi connectivity index (χ0) is 13.1. The minimum Gasteiger partial charge on any atom is -0.373 e. The van der Waals surface area contributed by atoms with Gasteiger partial charge >= 0.3 is 6.18 Å². The standard InChI is InChI=1S/C12H13F3N2/c1-9-3-4-10(8-16)11(7-9)17(2)6-5-12(13,14)15/h3-4,7H,5-6H2,1-2H3. The maximum Gasteiger partial charge on any atom is 0.390 e. The first-order valence-corrected chi connectivity index (χ1v) is 5.12. The molecule has 17 heavy (non-hydrogen) atoms. The van der Waals surface area contributed by atoms with E-state index >= 15 is 0 Å². The second-order valence-corrected chi connectivity index (χ2v) is 3.92. The molecule has 0 saturated heterocycles. The summed E-state index contributed by atoms with van der Waals surface area (Å²) in [7, 11) is 1.56. The molecule has 0 heterocycles. The number of alkyl halides is 3. The van der Waals surface area contributed by atoms with Crippen LogP contribution in [-0.2, 0) is 0 Å². The number of halogens is 3. The molecule has 92 valence electrons. The molecule has 0 aliphatic heterocycles. The molecule has 0 bridgehead atoms. The van der Waals surface area contributed by atoms with Gasteiger partial charge in [-0.3, -0.25) is 0 Å². The van der Waals surface area contributed by atoms with Crippen LogP contribution in [0, 0.1) is 18.3 Å². The van der Waals surface area contributed by atoms with Crippen molar-refractivity contribution in [3.8, 4) is 6.07 Å². The van der Waals surface area contributed by atoms with E-state index in [0.29, 0.717) is 11.3 Å². The van der Waals surface area contributed by atoms with E-state index in [2.05, 4.69) is 0 Å². The number of aryl methyl sites for hydroxylation is 1. The number of hydrogen-bond acceptors (Lipinski definition) is 2. The van der Waals surface area contributed by atoms with Gasteiger partial charge < -0.3 is 4.90 Å². The van der Waals surface area contributed by atoms with Crippen LogP contribution in [0.3, 0.4) is 0 Å². The first-order chi connectivity index (χ1) is 7.83. The van der Waals surface area contributed by atoms with E-state index in [-0.39, 0.29) is 6.54 Å². The molecule has 0 atom stereocenters. The third kappa shape index (κ3) is 3.99. The lowest BCUT2D eigenvalue weighted by Crippen LogP contribution is -2.24. The van der Waals surface area contributed by atoms with Crippen LogP contribution in [0.5, 0.6) is 0 Å². The fourth-order valence-corrected chi connectivity index (χ4v) is 1.47. The van der Waals surface area contributed by atoms with E-state index in [4.69, 9.17) is 5.26 Å². The van der Waals surface area contributed by atoms with Gasteiger partial charge in [0.1, 0.15) is 6.07 Å². The number of rotatable bonds is 3. The summed E-state index contributed by atoms with van der Waals surface area (Å²) in [6.45, 7) is 1.68. The maximum atomic E-state index is 12.1. The van der Waals surface area contributed by atoms with Crippen LogP contribution in [0.25, 0.3) is 0 Å². The molecule has 5 heteroatoms. The van der Waals surface area contributed by atoms with Gasteiger partial charge in [0.25, 0.3) is 0 Å². The highest BCUT2D eigenvalue weighted by atomic mass is 19.4. The van der Waals surface area contributed by atoms with E-state index in [1.54, 1.807) is 25.2 Å². The molecule has 0 amide bonds. The minimum absolute atomic E-state index is 0.151. The van der Waals surface area contributed by atoms with Crippen molar-refractivity contribution in [2.24, 2.45) is 0 Å². The fraction of sp³-hybridized carbons (Fsp3) is 0.417. The van der Waals surface area contributed by atoms with Crippen LogP contribution in [-0.4, -0.2) is 19.8 Å². The lowest BCUT2D eigenvalue weighted by molar-refractivity contribution is -0.132. The number of hydrogen-bond donors (Lipinski definition) is 0. The summed E-state index contributed by atoms with van der Waals surface area (Å²) in [5.74, 6) is 0. The van der Waals surface area contributed by atoms with Gasteiger partial charge in [-0.15, -0.1) is 0 Å². The average Bonchev–Trinajstić information content (AvgIpc) is 2.25. The molecule has 1 rings (SSSR count). The summed E-state index contributed by atoms with van der Waals surface area (Å²) in [5.41, 5.74) is 1.84. The number of benzene rings is 1. The second-order valence-electron chi connectivity index (χ2n) is 3.92. The molecule has 0 spiro atoms. The zero-order valence-electron chi connectivity index (χ0n) is 9.67. The largest absolute Gasteiger partial charge is 0.390 e. The van der Waals surface area contributed by atoms with Crippen molar-refractivity contribution in [2.75, 3.05) is 18.5 Å². The van der Waals surface area contributed by atoms with Crippen molar-refractivity contribution in [1.29, 1.82) is 5.26 Å². The predicted molar refractivity (Wildman–Crippen MR) is 59.8 cm³/mol. The third-order valence-electron chi connectivity index (χ3n) is 2.42. The molecular weight excluding hydrogens is 229 g/mol. The van der Waals surface area contributed by atoms with Crippen LogP contribution >= 0.6 is 0 Å². The van der Waals surface area contributed by atoms with E-state index in [0.717, 1.165) is 5.56 Å². The number of anilines is 1. The fourth-order valence-electron chi connectivity index (χ4n) is 1.47. The van der Waals surface area contributed by atoms with Crippen molar-refractivity contribution in [3.63, 3.8) is 0 Å². The Balaban J connectivity index is 2.85. The minimum atomic E-state index is -4.18. The molecular formula is C12H13F3N2. The van der Waals surface area contributed by atoms with Crippen molar-refractivity contribution in [3.05, 3.63) is 29.3 Å². The molecule has 0 saturated carbocycles. The summed E-state index contributed by atoms with van der Waals surface area (Å²) in [6.07, 6.45) is -5.06. The molecule has 0 N–H and O–H groups in total. The Hall–Kier alpha value is -1.70. The van der Waals surface area contributed by atoms with Crippen molar-refractivity contribution >= 4 is 5.69 Å². The topological polar surface area (TPSA) is 27.0 Å². The summed E-state index contributed by atoms with van der Waals surface area (Å²) < 4.78 is 36.3. The first-order valence-electron chi connectivity index (χ1n) is 5.12. The maximum absolute atomic E-state index is 12.1. The van der Waals surface area contributed by atoms with E-state index in [1.165, 1.54) is 4.90 Å². The molecule has 0 aliphatic rings. The van der Waals surface area contributed by atoms with Gasteiger partial charge in [0.2, 0.25) is 0 Å². The summed E-state index contributed by atoms with van der Waals surface area (Å²) in [6, 6.07) is 7.08. The summed E-state index contributed by atoms with van der Waals surface area (Å²) in [4.78, 5) is 1.46. The Morgan fingerprint density at radius 1 is 1.35 bits per heavy atom. The molecule has 0 radical (unpaired) electrons. The average molecular weight is 242 g/mol. The Bertz CT molecular complexity index is 432. The molecule has 0 unspecified atom stereocenters. The highest BCUT2D eigenvalue weighted by molar-refractivity contribution is 5.60. The van der Waals surface area contributed by atoms with Gasteiger partial charge in [0.15, 0.2) is 0 Å². The van der Waals surface area contributed by atoms with Crippen LogP contribution in [0.15, 0.2) is 18.2 Å². The van der Waals surface area contributed by atoms with Gasteiger partial charge in [0, 0.05) is 13.6 Å². The van der Waals surface area contributed by atoms with E-state index < -0.39 is 12.6 Å². The van der Waals surface area contributed by atoms with Crippen LogP contribution < -0.4 is 4.90 Å². The molecule has 1 aromatic rings.